The van der Waals surface area contributed by atoms with Crippen LogP contribution in [0.4, 0.5) is 22.4 Å². The Labute approximate surface area is 188 Å². The topological polar surface area (TPSA) is 39.6 Å². The molecule has 2 heterocycles. The van der Waals surface area contributed by atoms with E-state index >= 15 is 0 Å². The Balaban J connectivity index is 0.000000444. The van der Waals surface area contributed by atoms with Gasteiger partial charge in [0, 0.05) is 16.7 Å². The van der Waals surface area contributed by atoms with Gasteiger partial charge in [-0.05, 0) is 46.7 Å². The number of aromatic amines is 1. The van der Waals surface area contributed by atoms with Crippen LogP contribution in [0, 0.1) is 0 Å². The lowest BCUT2D eigenvalue weighted by Crippen LogP contribution is -2.06. The van der Waals surface area contributed by atoms with Gasteiger partial charge in [-0.15, -0.1) is 0 Å². The number of para-hydroxylation sites is 1. The predicted molar refractivity (Wildman–Crippen MR) is 120 cm³/mol. The van der Waals surface area contributed by atoms with Gasteiger partial charge in [0.15, 0.2) is 5.36 Å². The van der Waals surface area contributed by atoms with Crippen LogP contribution in [0.1, 0.15) is 0 Å². The van der Waals surface area contributed by atoms with Crippen molar-refractivity contribution in [2.45, 2.75) is 0 Å². The molecule has 0 spiro atoms. The second kappa shape index (κ2) is 9.14. The lowest BCUT2D eigenvalue weighted by molar-refractivity contribution is -0.323. The molecule has 0 saturated heterocycles. The highest BCUT2D eigenvalue weighted by atomic mass is 35.5. The van der Waals surface area contributed by atoms with E-state index in [1.165, 1.54) is 4.70 Å². The van der Waals surface area contributed by atoms with Crippen LogP contribution in [0.2, 0.25) is 5.02 Å². The smallest absolute Gasteiger partial charge is 0.456 e. The molecule has 3 aromatic carbocycles. The average molecular weight is 477 g/mol. The van der Waals surface area contributed by atoms with Crippen molar-refractivity contribution >= 4 is 56.5 Å². The van der Waals surface area contributed by atoms with Crippen molar-refractivity contribution in [1.29, 1.82) is 0 Å². The minimum Gasteiger partial charge on any atom is -0.456 e. The lowest BCUT2D eigenvalue weighted by Gasteiger charge is -2.03. The molecular formula is C22H14BClF4N2OS. The largest absolute Gasteiger partial charge is 0.673 e. The number of thiazole rings is 1. The van der Waals surface area contributed by atoms with E-state index in [2.05, 4.69) is 17.1 Å². The fraction of sp³-hybridized carbons (Fsp3) is 0. The second-order valence-corrected chi connectivity index (χ2v) is 8.10. The van der Waals surface area contributed by atoms with E-state index in [0.717, 1.165) is 38.3 Å². The summed E-state index contributed by atoms with van der Waals surface area (Å²) in [6.07, 6.45) is 0. The number of nitrogens with one attached hydrogen (secondary N) is 1. The quantitative estimate of drug-likeness (QED) is 0.194. The molecule has 5 aromatic rings. The number of fused-ring (bicyclic) bond motifs is 2. The molecule has 0 aliphatic heterocycles. The summed E-state index contributed by atoms with van der Waals surface area (Å²) in [7, 11) is -6.00. The van der Waals surface area contributed by atoms with Crippen molar-refractivity contribution in [2.75, 3.05) is 0 Å². The van der Waals surface area contributed by atoms with Crippen LogP contribution in [0.25, 0.3) is 32.5 Å². The number of rotatable bonds is 2. The first-order valence-electron chi connectivity index (χ1n) is 9.38. The number of benzene rings is 3. The Kier molecular flexibility index (Phi) is 6.29. The van der Waals surface area contributed by atoms with E-state index in [1.807, 2.05) is 66.7 Å². The van der Waals surface area contributed by atoms with E-state index in [0.29, 0.717) is 5.02 Å². The Morgan fingerprint density at radius 3 is 2.28 bits per heavy atom. The summed E-state index contributed by atoms with van der Waals surface area (Å²) in [6, 6.07) is 25.8. The van der Waals surface area contributed by atoms with Crippen LogP contribution in [-0.2, 0) is 0 Å². The molecule has 3 nitrogen and oxygen atoms in total. The van der Waals surface area contributed by atoms with Crippen molar-refractivity contribution in [2.24, 2.45) is 4.99 Å². The fourth-order valence-electron chi connectivity index (χ4n) is 3.04. The molecule has 32 heavy (non-hydrogen) atoms. The molecule has 5 rings (SSSR count). The van der Waals surface area contributed by atoms with Crippen molar-refractivity contribution in [3.8, 4) is 11.3 Å². The molecule has 0 fully saturated rings. The third-order valence-electron chi connectivity index (χ3n) is 4.32. The van der Waals surface area contributed by atoms with Crippen molar-refractivity contribution in [3.63, 3.8) is 0 Å². The van der Waals surface area contributed by atoms with Gasteiger partial charge in [-0.2, -0.15) is 0 Å². The highest BCUT2D eigenvalue weighted by Gasteiger charge is 2.20. The molecule has 0 radical (unpaired) electrons. The lowest BCUT2D eigenvalue weighted by atomic mass is 10.1. The van der Waals surface area contributed by atoms with Gasteiger partial charge >= 0.3 is 12.4 Å². The van der Waals surface area contributed by atoms with Gasteiger partial charge in [0.25, 0.3) is 0 Å². The molecule has 0 aliphatic rings. The minimum atomic E-state index is -6.00. The molecular weight excluding hydrogens is 463 g/mol. The maximum atomic E-state index is 9.75. The van der Waals surface area contributed by atoms with E-state index < -0.39 is 7.25 Å². The maximum Gasteiger partial charge on any atom is 0.673 e. The van der Waals surface area contributed by atoms with E-state index in [-0.39, 0.29) is 0 Å². The first kappa shape index (κ1) is 22.0. The molecule has 10 heteroatoms. The number of nitrogens with zero attached hydrogens (tertiary/aromatic N) is 1. The standard InChI is InChI=1S/C22H13ClN2OS.BF4/c23-15-10-11-19-16(12-15)18(13-20(26-19)14-6-2-1-3-7-14)25-22-24-17-8-4-5-9-21(17)27-22;2-1(3,4)5/h1-13H;/q;-1/p+1/b25-18-;. The van der Waals surface area contributed by atoms with Gasteiger partial charge in [0.2, 0.25) is 0 Å². The van der Waals surface area contributed by atoms with Crippen LogP contribution in [0.3, 0.4) is 0 Å². The molecule has 0 saturated carbocycles. The third-order valence-corrected chi connectivity index (χ3v) is 5.52. The molecule has 1 N–H and O–H groups in total. The normalized spacial score (nSPS) is 12.1. The number of aromatic nitrogens is 1. The van der Waals surface area contributed by atoms with Gasteiger partial charge in [-0.3, -0.25) is 0 Å². The van der Waals surface area contributed by atoms with E-state index in [1.54, 1.807) is 11.3 Å². The highest BCUT2D eigenvalue weighted by molar-refractivity contribution is 7.21. The summed E-state index contributed by atoms with van der Waals surface area (Å²) in [5.41, 5.74) is 2.83. The summed E-state index contributed by atoms with van der Waals surface area (Å²) in [5, 5.41) is 3.19. The van der Waals surface area contributed by atoms with Gasteiger partial charge in [-0.25, -0.2) is 4.98 Å². The van der Waals surface area contributed by atoms with E-state index in [9.17, 15) is 17.3 Å². The fourth-order valence-corrected chi connectivity index (χ4v) is 4.10. The summed E-state index contributed by atoms with van der Waals surface area (Å²) in [5.74, 6) is 0.769. The highest BCUT2D eigenvalue weighted by Crippen LogP contribution is 2.26. The monoisotopic (exact) mass is 476 g/mol. The number of hydrogen-bond donors (Lipinski definition) is 0. The zero-order valence-corrected chi connectivity index (χ0v) is 17.8. The number of halogens is 5. The van der Waals surface area contributed by atoms with Crippen LogP contribution in [0.5, 0.6) is 0 Å². The zero-order valence-electron chi connectivity index (χ0n) is 16.2. The van der Waals surface area contributed by atoms with Gasteiger partial charge < -0.3 is 21.7 Å². The average Bonchev–Trinajstić information content (AvgIpc) is 3.16. The summed E-state index contributed by atoms with van der Waals surface area (Å²) in [4.78, 5) is 8.25. The predicted octanol–water partition coefficient (Wildman–Crippen LogP) is 7.31. The summed E-state index contributed by atoms with van der Waals surface area (Å²) < 4.78 is 46.3. The molecule has 0 atom stereocenters. The Hall–Kier alpha value is -3.17. The zero-order chi connectivity index (χ0) is 22.7. The van der Waals surface area contributed by atoms with Crippen LogP contribution in [0.15, 0.2) is 88.3 Å². The summed E-state index contributed by atoms with van der Waals surface area (Å²) in [6.45, 7) is 0. The molecule has 0 bridgehead atoms. The van der Waals surface area contributed by atoms with Crippen molar-refractivity contribution in [3.05, 3.63) is 89.2 Å². The van der Waals surface area contributed by atoms with E-state index in [4.69, 9.17) is 21.0 Å². The maximum absolute atomic E-state index is 9.75. The molecule has 2 aromatic heterocycles. The summed E-state index contributed by atoms with van der Waals surface area (Å²) >= 11 is 7.85. The molecule has 0 amide bonds. The number of hydrogen-bond acceptors (Lipinski definition) is 3. The van der Waals surface area contributed by atoms with Crippen molar-refractivity contribution < 1.29 is 26.7 Å². The van der Waals surface area contributed by atoms with Crippen LogP contribution in [-0.4, -0.2) is 7.25 Å². The van der Waals surface area contributed by atoms with Crippen LogP contribution < -0.4 is 10.3 Å². The molecule has 162 valence electrons. The Morgan fingerprint density at radius 2 is 1.56 bits per heavy atom. The third kappa shape index (κ3) is 5.54. The SMILES string of the molecule is Clc1ccc2oc(-c3ccccc3)c/c(=N/c3[nH+]c4ccccc4s3)c2c1.F[B-](F)(F)F. The first-order chi connectivity index (χ1) is 15.3. The molecule has 0 unspecified atom stereocenters. The molecule has 0 aliphatic carbocycles. The Morgan fingerprint density at radius 1 is 0.875 bits per heavy atom. The van der Waals surface area contributed by atoms with Gasteiger partial charge in [0.1, 0.15) is 16.9 Å². The van der Waals surface area contributed by atoms with Gasteiger partial charge in [-0.1, -0.05) is 54.1 Å². The van der Waals surface area contributed by atoms with Crippen molar-refractivity contribution in [1.82, 2.24) is 0 Å². The number of H-pyrrole nitrogens is 1. The van der Waals surface area contributed by atoms with Crippen LogP contribution >= 0.6 is 22.9 Å². The first-order valence-corrected chi connectivity index (χ1v) is 10.6. The Bertz CT molecular complexity index is 1410. The van der Waals surface area contributed by atoms with Gasteiger partial charge in [0.05, 0.1) is 10.1 Å². The minimum absolute atomic E-state index is 0.655. The second-order valence-electron chi connectivity index (χ2n) is 6.64.